The van der Waals surface area contributed by atoms with Crippen LogP contribution in [0.25, 0.3) is 11.4 Å². The van der Waals surface area contributed by atoms with Crippen LogP contribution >= 0.6 is 0 Å². The number of rotatable bonds is 4. The van der Waals surface area contributed by atoms with Crippen molar-refractivity contribution in [2.24, 2.45) is 7.05 Å². The van der Waals surface area contributed by atoms with Gasteiger partial charge in [0.1, 0.15) is 5.69 Å². The lowest BCUT2D eigenvalue weighted by atomic mass is 10.1. The van der Waals surface area contributed by atoms with Crippen LogP contribution < -0.4 is 10.9 Å². The van der Waals surface area contributed by atoms with E-state index < -0.39 is 0 Å². The Kier molecular flexibility index (Phi) is 3.80. The fourth-order valence-corrected chi connectivity index (χ4v) is 2.16. The fraction of sp³-hybridized carbons (Fsp3) is 0.200. The number of aromatic amines is 1. The summed E-state index contributed by atoms with van der Waals surface area (Å²) in [6, 6.07) is 8.72. The molecule has 2 aromatic heterocycles. The molecule has 0 spiro atoms. The van der Waals surface area contributed by atoms with Gasteiger partial charge in [-0.3, -0.25) is 19.4 Å². The van der Waals surface area contributed by atoms with E-state index >= 15 is 0 Å². The quantitative estimate of drug-likeness (QED) is 0.747. The maximum Gasteiger partial charge on any atom is 0.269 e. The lowest BCUT2D eigenvalue weighted by molar-refractivity contribution is 0.0941. The van der Waals surface area contributed by atoms with Crippen molar-refractivity contribution in [1.29, 1.82) is 0 Å². The molecule has 0 bridgehead atoms. The van der Waals surface area contributed by atoms with E-state index in [2.05, 4.69) is 20.6 Å². The van der Waals surface area contributed by atoms with E-state index in [9.17, 15) is 9.59 Å². The van der Waals surface area contributed by atoms with Crippen LogP contribution in [-0.2, 0) is 13.6 Å². The van der Waals surface area contributed by atoms with E-state index in [0.29, 0.717) is 18.3 Å². The predicted octanol–water partition coefficient (Wildman–Crippen LogP) is 1.00. The molecule has 3 aromatic rings. The molecule has 0 unspecified atom stereocenters. The van der Waals surface area contributed by atoms with Crippen LogP contribution in [0.1, 0.15) is 21.9 Å². The van der Waals surface area contributed by atoms with E-state index in [-0.39, 0.29) is 17.2 Å². The fourth-order valence-electron chi connectivity index (χ4n) is 2.16. The Bertz CT molecular complexity index is 888. The molecule has 0 aliphatic carbocycles. The molecule has 8 nitrogen and oxygen atoms in total. The lowest BCUT2D eigenvalue weighted by Gasteiger charge is -2.06. The lowest BCUT2D eigenvalue weighted by Crippen LogP contribution is -2.25. The summed E-state index contributed by atoms with van der Waals surface area (Å²) in [5.74, 6) is 0.720. The second-order valence-corrected chi connectivity index (χ2v) is 5.08. The van der Waals surface area contributed by atoms with Crippen LogP contribution in [0.5, 0.6) is 0 Å². The Morgan fingerprint density at radius 2 is 2.09 bits per heavy atom. The number of nitrogens with zero attached hydrogens (tertiary/aromatic N) is 3. The largest absolute Gasteiger partial charge is 0.347 e. The van der Waals surface area contributed by atoms with Gasteiger partial charge in [0, 0.05) is 32.1 Å². The summed E-state index contributed by atoms with van der Waals surface area (Å²) in [4.78, 5) is 27.4. The summed E-state index contributed by atoms with van der Waals surface area (Å²) in [6.07, 6.45) is 0. The van der Waals surface area contributed by atoms with Crippen molar-refractivity contribution in [3.63, 3.8) is 0 Å². The number of H-pyrrole nitrogens is 1. The first kappa shape index (κ1) is 14.8. The van der Waals surface area contributed by atoms with Gasteiger partial charge in [0.2, 0.25) is 11.7 Å². The van der Waals surface area contributed by atoms with Gasteiger partial charge < -0.3 is 9.84 Å². The van der Waals surface area contributed by atoms with Gasteiger partial charge in [-0.15, -0.1) is 0 Å². The van der Waals surface area contributed by atoms with E-state index in [0.717, 1.165) is 11.1 Å². The Labute approximate surface area is 131 Å². The summed E-state index contributed by atoms with van der Waals surface area (Å²) in [6.45, 7) is 2.08. The Morgan fingerprint density at radius 3 is 2.65 bits per heavy atom. The van der Waals surface area contributed by atoms with E-state index in [4.69, 9.17) is 4.52 Å². The molecule has 1 amide bonds. The monoisotopic (exact) mass is 313 g/mol. The number of hydrogen-bond acceptors (Lipinski definition) is 5. The SMILES string of the molecule is Cc1nc(-c2ccc(CNC(=O)c3cc(=O)[nH]n3C)cc2)no1. The van der Waals surface area contributed by atoms with Crippen molar-refractivity contribution in [2.75, 3.05) is 0 Å². The van der Waals surface area contributed by atoms with Crippen LogP contribution in [0.15, 0.2) is 39.6 Å². The van der Waals surface area contributed by atoms with Crippen molar-refractivity contribution in [3.8, 4) is 11.4 Å². The van der Waals surface area contributed by atoms with Crippen LogP contribution in [0.4, 0.5) is 0 Å². The molecule has 2 N–H and O–H groups in total. The molecule has 0 aliphatic heterocycles. The zero-order valence-corrected chi connectivity index (χ0v) is 12.7. The molecule has 0 saturated heterocycles. The zero-order valence-electron chi connectivity index (χ0n) is 12.7. The smallest absolute Gasteiger partial charge is 0.269 e. The minimum absolute atomic E-state index is 0.286. The van der Waals surface area contributed by atoms with Gasteiger partial charge in [0.25, 0.3) is 11.5 Å². The molecular weight excluding hydrogens is 298 g/mol. The molecule has 0 aliphatic rings. The number of carbonyl (C=O) groups excluding carboxylic acids is 1. The van der Waals surface area contributed by atoms with E-state index in [1.165, 1.54) is 10.7 Å². The van der Waals surface area contributed by atoms with E-state index in [1.54, 1.807) is 14.0 Å². The van der Waals surface area contributed by atoms with Gasteiger partial charge in [-0.2, -0.15) is 4.98 Å². The standard InChI is InChI=1S/C15H15N5O3/c1-9-17-14(19-23-9)11-5-3-10(4-6-11)8-16-15(22)12-7-13(21)18-20(12)2/h3-7H,8H2,1-2H3,(H,16,22)(H,18,21). The third-order valence-corrected chi connectivity index (χ3v) is 3.33. The Hall–Kier alpha value is -3.16. The topological polar surface area (TPSA) is 106 Å². The molecule has 2 heterocycles. The van der Waals surface area contributed by atoms with Gasteiger partial charge in [-0.1, -0.05) is 29.4 Å². The summed E-state index contributed by atoms with van der Waals surface area (Å²) >= 11 is 0. The molecule has 0 atom stereocenters. The van der Waals surface area contributed by atoms with Crippen LogP contribution in [0, 0.1) is 6.92 Å². The van der Waals surface area contributed by atoms with Crippen molar-refractivity contribution < 1.29 is 9.32 Å². The van der Waals surface area contributed by atoms with Gasteiger partial charge in [0.05, 0.1) is 0 Å². The molecular formula is C15H15N5O3. The molecule has 118 valence electrons. The number of nitrogens with one attached hydrogen (secondary N) is 2. The number of carbonyl (C=O) groups is 1. The third kappa shape index (κ3) is 3.20. The van der Waals surface area contributed by atoms with Gasteiger partial charge in [0.15, 0.2) is 0 Å². The van der Waals surface area contributed by atoms with Crippen LogP contribution in [0.3, 0.4) is 0 Å². The molecule has 8 heteroatoms. The van der Waals surface area contributed by atoms with Crippen molar-refractivity contribution >= 4 is 5.91 Å². The molecule has 23 heavy (non-hydrogen) atoms. The average Bonchev–Trinajstić information content (AvgIpc) is 3.11. The third-order valence-electron chi connectivity index (χ3n) is 3.33. The second-order valence-electron chi connectivity index (χ2n) is 5.08. The molecule has 1 aromatic carbocycles. The van der Waals surface area contributed by atoms with Gasteiger partial charge >= 0.3 is 0 Å². The van der Waals surface area contributed by atoms with Gasteiger partial charge in [-0.05, 0) is 5.56 Å². The predicted molar refractivity (Wildman–Crippen MR) is 81.7 cm³/mol. The summed E-state index contributed by atoms with van der Waals surface area (Å²) in [5, 5.41) is 9.11. The highest BCUT2D eigenvalue weighted by atomic mass is 16.5. The van der Waals surface area contributed by atoms with Crippen molar-refractivity contribution in [3.05, 3.63) is 57.8 Å². The van der Waals surface area contributed by atoms with E-state index in [1.807, 2.05) is 24.3 Å². The minimum Gasteiger partial charge on any atom is -0.347 e. The molecule has 3 rings (SSSR count). The molecule has 0 fully saturated rings. The highest BCUT2D eigenvalue weighted by molar-refractivity contribution is 5.92. The number of hydrogen-bond donors (Lipinski definition) is 2. The number of aryl methyl sites for hydroxylation is 2. The molecule has 0 saturated carbocycles. The Morgan fingerprint density at radius 1 is 1.35 bits per heavy atom. The second kappa shape index (κ2) is 5.91. The minimum atomic E-state index is -0.316. The first-order valence-corrected chi connectivity index (χ1v) is 6.97. The first-order chi connectivity index (χ1) is 11.0. The summed E-state index contributed by atoms with van der Waals surface area (Å²) < 4.78 is 6.33. The van der Waals surface area contributed by atoms with Crippen molar-refractivity contribution in [2.45, 2.75) is 13.5 Å². The normalized spacial score (nSPS) is 10.7. The van der Waals surface area contributed by atoms with Crippen molar-refractivity contribution in [1.82, 2.24) is 25.2 Å². The molecule has 0 radical (unpaired) electrons. The van der Waals surface area contributed by atoms with Gasteiger partial charge in [-0.25, -0.2) is 0 Å². The van der Waals surface area contributed by atoms with Crippen LogP contribution in [0.2, 0.25) is 0 Å². The first-order valence-electron chi connectivity index (χ1n) is 6.97. The highest BCUT2D eigenvalue weighted by Crippen LogP contribution is 2.16. The zero-order chi connectivity index (χ0) is 16.4. The maximum atomic E-state index is 12.0. The summed E-state index contributed by atoms with van der Waals surface area (Å²) in [7, 11) is 1.61. The number of aromatic nitrogens is 4. The Balaban J connectivity index is 1.66. The van der Waals surface area contributed by atoms with Crippen LogP contribution in [-0.4, -0.2) is 25.8 Å². The number of benzene rings is 1. The number of amides is 1. The summed E-state index contributed by atoms with van der Waals surface area (Å²) in [5.41, 5.74) is 1.74. The average molecular weight is 313 g/mol. The maximum absolute atomic E-state index is 12.0. The highest BCUT2D eigenvalue weighted by Gasteiger charge is 2.11.